The van der Waals surface area contributed by atoms with Gasteiger partial charge in [0.2, 0.25) is 5.91 Å². The lowest BCUT2D eigenvalue weighted by molar-refractivity contribution is -0.127. The fourth-order valence-electron chi connectivity index (χ4n) is 3.94. The number of hydrogen-bond donors (Lipinski definition) is 0. The molecular formula is C23H22FNO2. The molecule has 1 heterocycles. The van der Waals surface area contributed by atoms with Crippen molar-refractivity contribution in [2.24, 2.45) is 0 Å². The molecular weight excluding hydrogens is 341 g/mol. The van der Waals surface area contributed by atoms with Gasteiger partial charge in [0.25, 0.3) is 0 Å². The lowest BCUT2D eigenvalue weighted by Gasteiger charge is -2.39. The zero-order valence-electron chi connectivity index (χ0n) is 15.3. The summed E-state index contributed by atoms with van der Waals surface area (Å²) in [5, 5.41) is 2.24. The second-order valence-electron chi connectivity index (χ2n) is 7.10. The van der Waals surface area contributed by atoms with Crippen LogP contribution in [0.25, 0.3) is 10.8 Å². The molecule has 0 spiro atoms. The van der Waals surface area contributed by atoms with E-state index in [0.717, 1.165) is 22.0 Å². The van der Waals surface area contributed by atoms with Crippen molar-refractivity contribution >= 4 is 22.4 Å². The molecule has 0 aromatic heterocycles. The zero-order valence-corrected chi connectivity index (χ0v) is 15.3. The summed E-state index contributed by atoms with van der Waals surface area (Å²) in [6.45, 7) is 1.04. The number of rotatable bonds is 3. The summed E-state index contributed by atoms with van der Waals surface area (Å²) in [6, 6.07) is 20.4. The normalized spacial score (nSPS) is 16.2. The molecule has 4 rings (SSSR count). The predicted octanol–water partition coefficient (Wildman–Crippen LogP) is 4.69. The van der Waals surface area contributed by atoms with E-state index in [9.17, 15) is 9.18 Å². The van der Waals surface area contributed by atoms with E-state index in [4.69, 9.17) is 4.74 Å². The summed E-state index contributed by atoms with van der Waals surface area (Å²) in [5.41, 5.74) is 1.02. The fraction of sp³-hybridized carbons (Fsp3) is 0.261. The molecule has 0 saturated carbocycles. The summed E-state index contributed by atoms with van der Waals surface area (Å²) < 4.78 is 18.9. The first kappa shape index (κ1) is 17.7. The Morgan fingerprint density at radius 2 is 1.63 bits per heavy atom. The number of fused-ring (bicyclic) bond motifs is 1. The third-order valence-electron chi connectivity index (χ3n) is 5.58. The molecule has 27 heavy (non-hydrogen) atoms. The first-order chi connectivity index (χ1) is 13.1. The molecule has 1 fully saturated rings. The molecule has 0 atom stereocenters. The first-order valence-electron chi connectivity index (χ1n) is 9.21. The second-order valence-corrected chi connectivity index (χ2v) is 7.10. The number of likely N-dealkylation sites (N-methyl/N-ethyl adjacent to an activating group) is 1. The van der Waals surface area contributed by atoms with Gasteiger partial charge in [0.1, 0.15) is 5.82 Å². The Balaban J connectivity index is 1.72. The second kappa shape index (κ2) is 7.12. The SMILES string of the molecule is CN(C(=O)C1(c2ccc(F)cc2)CCOCC1)c1ccc2ccccc2c1. The minimum absolute atomic E-state index is 0.0210. The maximum absolute atomic E-state index is 13.6. The van der Waals surface area contributed by atoms with Gasteiger partial charge in [-0.05, 0) is 53.4 Å². The molecule has 3 aromatic rings. The highest BCUT2D eigenvalue weighted by Crippen LogP contribution is 2.38. The molecule has 0 aliphatic carbocycles. The van der Waals surface area contributed by atoms with Crippen LogP contribution in [0.5, 0.6) is 0 Å². The number of carbonyl (C=O) groups excluding carboxylic acids is 1. The quantitative estimate of drug-likeness (QED) is 0.676. The number of hydrogen-bond acceptors (Lipinski definition) is 2. The van der Waals surface area contributed by atoms with Crippen LogP contribution in [0.2, 0.25) is 0 Å². The van der Waals surface area contributed by atoms with E-state index in [1.807, 2.05) is 43.4 Å². The van der Waals surface area contributed by atoms with Gasteiger partial charge in [0.05, 0.1) is 5.41 Å². The molecule has 1 amide bonds. The number of carbonyl (C=O) groups is 1. The van der Waals surface area contributed by atoms with Crippen molar-refractivity contribution in [3.8, 4) is 0 Å². The van der Waals surface area contributed by atoms with Crippen molar-refractivity contribution in [1.82, 2.24) is 0 Å². The van der Waals surface area contributed by atoms with Crippen LogP contribution in [0.4, 0.5) is 10.1 Å². The predicted molar refractivity (Wildman–Crippen MR) is 105 cm³/mol. The summed E-state index contributed by atoms with van der Waals surface area (Å²) in [4.78, 5) is 15.3. The average molecular weight is 363 g/mol. The van der Waals surface area contributed by atoms with Crippen LogP contribution < -0.4 is 4.90 Å². The van der Waals surface area contributed by atoms with E-state index in [2.05, 4.69) is 6.07 Å². The van der Waals surface area contributed by atoms with Crippen molar-refractivity contribution in [3.05, 3.63) is 78.1 Å². The molecule has 4 heteroatoms. The maximum Gasteiger partial charge on any atom is 0.237 e. The van der Waals surface area contributed by atoms with Crippen molar-refractivity contribution < 1.29 is 13.9 Å². The fourth-order valence-corrected chi connectivity index (χ4v) is 3.94. The molecule has 3 aromatic carbocycles. The van der Waals surface area contributed by atoms with Crippen LogP contribution in [0.15, 0.2) is 66.7 Å². The Bertz CT molecular complexity index is 962. The highest BCUT2D eigenvalue weighted by atomic mass is 19.1. The van der Waals surface area contributed by atoms with Gasteiger partial charge in [-0.3, -0.25) is 4.79 Å². The number of halogens is 1. The van der Waals surface area contributed by atoms with Gasteiger partial charge in [-0.25, -0.2) is 4.39 Å². The minimum atomic E-state index is -0.688. The maximum atomic E-state index is 13.6. The molecule has 1 aliphatic heterocycles. The lowest BCUT2D eigenvalue weighted by Crippen LogP contribution is -2.48. The molecule has 0 bridgehead atoms. The summed E-state index contributed by atoms with van der Waals surface area (Å²) in [6.07, 6.45) is 1.19. The number of nitrogens with zero attached hydrogens (tertiary/aromatic N) is 1. The third kappa shape index (κ3) is 3.21. The molecule has 0 N–H and O–H groups in total. The lowest BCUT2D eigenvalue weighted by atomic mass is 9.73. The smallest absolute Gasteiger partial charge is 0.237 e. The summed E-state index contributed by atoms with van der Waals surface area (Å²) >= 11 is 0. The van der Waals surface area contributed by atoms with Crippen molar-refractivity contribution in [3.63, 3.8) is 0 Å². The van der Waals surface area contributed by atoms with Crippen molar-refractivity contribution in [1.29, 1.82) is 0 Å². The van der Waals surface area contributed by atoms with Crippen LogP contribution in [0, 0.1) is 5.82 Å². The van der Waals surface area contributed by atoms with Gasteiger partial charge in [0.15, 0.2) is 0 Å². The third-order valence-corrected chi connectivity index (χ3v) is 5.58. The highest BCUT2D eigenvalue weighted by Gasteiger charge is 2.43. The zero-order chi connectivity index (χ0) is 18.9. The van der Waals surface area contributed by atoms with Gasteiger partial charge >= 0.3 is 0 Å². The van der Waals surface area contributed by atoms with E-state index in [1.54, 1.807) is 17.0 Å². The minimum Gasteiger partial charge on any atom is -0.381 e. The van der Waals surface area contributed by atoms with E-state index in [-0.39, 0.29) is 11.7 Å². The Morgan fingerprint density at radius 1 is 0.963 bits per heavy atom. The molecule has 1 aliphatic rings. The topological polar surface area (TPSA) is 29.5 Å². The Labute approximate surface area is 158 Å². The molecule has 0 radical (unpaired) electrons. The number of amides is 1. The molecule has 0 unspecified atom stereocenters. The highest BCUT2D eigenvalue weighted by molar-refractivity contribution is 6.02. The number of ether oxygens (including phenoxy) is 1. The van der Waals surface area contributed by atoms with Crippen LogP contribution in [-0.2, 0) is 14.9 Å². The average Bonchev–Trinajstić information content (AvgIpc) is 2.73. The van der Waals surface area contributed by atoms with Gasteiger partial charge in [-0.15, -0.1) is 0 Å². The van der Waals surface area contributed by atoms with E-state index in [0.29, 0.717) is 26.1 Å². The Hall–Kier alpha value is -2.72. The van der Waals surface area contributed by atoms with Crippen LogP contribution in [0.1, 0.15) is 18.4 Å². The number of anilines is 1. The Kier molecular flexibility index (Phi) is 4.66. The Morgan fingerprint density at radius 3 is 2.33 bits per heavy atom. The summed E-state index contributed by atoms with van der Waals surface area (Å²) in [5.74, 6) is -0.274. The standard InChI is InChI=1S/C23H22FNO2/c1-25(21-11-6-17-4-2-3-5-18(17)16-21)22(26)23(12-14-27-15-13-23)19-7-9-20(24)10-8-19/h2-11,16H,12-15H2,1H3. The summed E-state index contributed by atoms with van der Waals surface area (Å²) in [7, 11) is 1.81. The largest absolute Gasteiger partial charge is 0.381 e. The molecule has 1 saturated heterocycles. The van der Waals surface area contributed by atoms with Crippen molar-refractivity contribution in [2.75, 3.05) is 25.2 Å². The van der Waals surface area contributed by atoms with E-state index in [1.165, 1.54) is 12.1 Å². The van der Waals surface area contributed by atoms with Gasteiger partial charge in [0, 0.05) is 25.9 Å². The first-order valence-corrected chi connectivity index (χ1v) is 9.21. The molecule has 138 valence electrons. The number of benzene rings is 3. The van der Waals surface area contributed by atoms with Gasteiger partial charge in [-0.1, -0.05) is 42.5 Å². The van der Waals surface area contributed by atoms with E-state index < -0.39 is 5.41 Å². The monoisotopic (exact) mass is 363 g/mol. The van der Waals surface area contributed by atoms with E-state index >= 15 is 0 Å². The van der Waals surface area contributed by atoms with Crippen LogP contribution in [-0.4, -0.2) is 26.2 Å². The molecule has 3 nitrogen and oxygen atoms in total. The van der Waals surface area contributed by atoms with Gasteiger partial charge in [-0.2, -0.15) is 0 Å². The van der Waals surface area contributed by atoms with Crippen LogP contribution >= 0.6 is 0 Å². The van der Waals surface area contributed by atoms with Crippen molar-refractivity contribution in [2.45, 2.75) is 18.3 Å². The van der Waals surface area contributed by atoms with Crippen LogP contribution in [0.3, 0.4) is 0 Å². The van der Waals surface area contributed by atoms with Gasteiger partial charge < -0.3 is 9.64 Å².